The molecule has 0 saturated carbocycles. The largest absolute Gasteiger partial charge is 0.275 e. The first kappa shape index (κ1) is 27.9. The number of carbonyl (C=O) groups is 2. The SMILES string of the molecule is CCCCCCCCCCCCCCCCC=C(C)C(CCCC)N1C(=O)CCC1=O. The lowest BCUT2D eigenvalue weighted by Gasteiger charge is -2.27. The number of unbranched alkanes of at least 4 members (excludes halogenated alkanes) is 15. The normalized spacial score (nSPS) is 15.8. The average Bonchev–Trinajstić information content (AvgIpc) is 3.09. The lowest BCUT2D eigenvalue weighted by Crippen LogP contribution is -2.40. The smallest absolute Gasteiger partial charge is 0.230 e. The maximum atomic E-state index is 12.2. The van der Waals surface area contributed by atoms with Crippen molar-refractivity contribution in [3.63, 3.8) is 0 Å². The summed E-state index contributed by atoms with van der Waals surface area (Å²) in [4.78, 5) is 25.9. The summed E-state index contributed by atoms with van der Waals surface area (Å²) in [5.41, 5.74) is 1.21. The lowest BCUT2D eigenvalue weighted by molar-refractivity contribution is -0.140. The number of nitrogens with zero attached hydrogens (tertiary/aromatic N) is 1. The summed E-state index contributed by atoms with van der Waals surface area (Å²) in [5, 5.41) is 0. The molecule has 0 spiro atoms. The van der Waals surface area contributed by atoms with Crippen LogP contribution < -0.4 is 0 Å². The van der Waals surface area contributed by atoms with Crippen molar-refractivity contribution in [1.29, 1.82) is 0 Å². The second-order valence-electron chi connectivity index (χ2n) is 9.65. The Hall–Kier alpha value is -1.12. The molecule has 0 aliphatic carbocycles. The summed E-state index contributed by atoms with van der Waals surface area (Å²) in [7, 11) is 0. The highest BCUT2D eigenvalue weighted by atomic mass is 16.2. The summed E-state index contributed by atoms with van der Waals surface area (Å²) >= 11 is 0. The fourth-order valence-electron chi connectivity index (χ4n) is 4.70. The van der Waals surface area contributed by atoms with Gasteiger partial charge in [-0.25, -0.2) is 0 Å². The van der Waals surface area contributed by atoms with Gasteiger partial charge in [0.2, 0.25) is 11.8 Å². The lowest BCUT2D eigenvalue weighted by atomic mass is 9.98. The van der Waals surface area contributed by atoms with Crippen LogP contribution in [0.25, 0.3) is 0 Å². The molecule has 1 atom stereocenters. The van der Waals surface area contributed by atoms with Gasteiger partial charge in [0.05, 0.1) is 6.04 Å². The predicted molar refractivity (Wildman–Crippen MR) is 133 cm³/mol. The van der Waals surface area contributed by atoms with E-state index in [4.69, 9.17) is 0 Å². The van der Waals surface area contributed by atoms with E-state index in [0.717, 1.165) is 25.7 Å². The standard InChI is InChI=1S/C28H51NO2/c1-4-6-8-9-10-11-12-13-14-15-16-17-18-19-20-21-25(3)26(22-7-5-2)29-27(30)23-24-28(29)31/h21,26H,4-20,22-24H2,1-3H3. The number of allylic oxidation sites excluding steroid dienone is 1. The summed E-state index contributed by atoms with van der Waals surface area (Å²) in [6, 6.07) is -0.00547. The first-order chi connectivity index (χ1) is 15.1. The van der Waals surface area contributed by atoms with Crippen molar-refractivity contribution in [3.8, 4) is 0 Å². The van der Waals surface area contributed by atoms with Gasteiger partial charge in [0.15, 0.2) is 0 Å². The number of rotatable bonds is 20. The van der Waals surface area contributed by atoms with Gasteiger partial charge in [-0.2, -0.15) is 0 Å². The second kappa shape index (κ2) is 18.5. The number of amides is 2. The van der Waals surface area contributed by atoms with Gasteiger partial charge in [0.25, 0.3) is 0 Å². The molecule has 2 amide bonds. The maximum absolute atomic E-state index is 12.2. The van der Waals surface area contributed by atoms with E-state index < -0.39 is 0 Å². The van der Waals surface area contributed by atoms with Gasteiger partial charge in [-0.1, -0.05) is 122 Å². The van der Waals surface area contributed by atoms with Crippen molar-refractivity contribution < 1.29 is 9.59 Å². The molecule has 0 N–H and O–H groups in total. The monoisotopic (exact) mass is 433 g/mol. The third-order valence-electron chi connectivity index (χ3n) is 6.78. The van der Waals surface area contributed by atoms with Gasteiger partial charge in [0, 0.05) is 12.8 Å². The van der Waals surface area contributed by atoms with Gasteiger partial charge in [-0.3, -0.25) is 14.5 Å². The van der Waals surface area contributed by atoms with E-state index in [9.17, 15) is 9.59 Å². The fourth-order valence-corrected chi connectivity index (χ4v) is 4.70. The molecule has 0 bridgehead atoms. The van der Waals surface area contributed by atoms with Crippen LogP contribution in [0.15, 0.2) is 11.6 Å². The first-order valence-corrected chi connectivity index (χ1v) is 13.6. The highest BCUT2D eigenvalue weighted by molar-refractivity contribution is 6.02. The Balaban J connectivity index is 2.10. The van der Waals surface area contributed by atoms with Crippen LogP contribution in [0.4, 0.5) is 0 Å². The predicted octanol–water partition coefficient (Wildman–Crippen LogP) is 8.51. The maximum Gasteiger partial charge on any atom is 0.230 e. The van der Waals surface area contributed by atoms with Gasteiger partial charge >= 0.3 is 0 Å². The van der Waals surface area contributed by atoms with Gasteiger partial charge < -0.3 is 0 Å². The van der Waals surface area contributed by atoms with Crippen molar-refractivity contribution >= 4 is 11.8 Å². The Morgan fingerprint density at radius 1 is 0.710 bits per heavy atom. The zero-order chi connectivity index (χ0) is 22.7. The average molecular weight is 434 g/mol. The van der Waals surface area contributed by atoms with Crippen LogP contribution in [-0.2, 0) is 9.59 Å². The molecule has 3 nitrogen and oxygen atoms in total. The Bertz CT molecular complexity index is 495. The Morgan fingerprint density at radius 3 is 1.58 bits per heavy atom. The van der Waals surface area contributed by atoms with Crippen LogP contribution >= 0.6 is 0 Å². The molecule has 3 heteroatoms. The zero-order valence-electron chi connectivity index (χ0n) is 21.1. The summed E-state index contributed by atoms with van der Waals surface area (Å²) in [6.45, 7) is 6.56. The Kier molecular flexibility index (Phi) is 16.6. The van der Waals surface area contributed by atoms with E-state index in [1.807, 2.05) is 0 Å². The molecular formula is C28H51NO2. The molecule has 0 aromatic rings. The minimum atomic E-state index is -0.00547. The number of hydrogen-bond acceptors (Lipinski definition) is 2. The summed E-state index contributed by atoms with van der Waals surface area (Å²) < 4.78 is 0. The van der Waals surface area contributed by atoms with E-state index >= 15 is 0 Å². The first-order valence-electron chi connectivity index (χ1n) is 13.6. The van der Waals surface area contributed by atoms with Crippen molar-refractivity contribution in [2.45, 2.75) is 155 Å². The topological polar surface area (TPSA) is 37.4 Å². The van der Waals surface area contributed by atoms with Gasteiger partial charge in [0.1, 0.15) is 0 Å². The molecule has 1 aliphatic rings. The Labute approximate surface area is 193 Å². The van der Waals surface area contributed by atoms with E-state index in [-0.39, 0.29) is 17.9 Å². The molecule has 31 heavy (non-hydrogen) atoms. The molecule has 1 unspecified atom stereocenters. The quantitative estimate of drug-likeness (QED) is 0.110. The number of hydrogen-bond donors (Lipinski definition) is 0. The zero-order valence-corrected chi connectivity index (χ0v) is 21.1. The van der Waals surface area contributed by atoms with Crippen molar-refractivity contribution in [1.82, 2.24) is 4.90 Å². The van der Waals surface area contributed by atoms with E-state index in [0.29, 0.717) is 12.8 Å². The van der Waals surface area contributed by atoms with E-state index in [2.05, 4.69) is 26.8 Å². The van der Waals surface area contributed by atoms with Gasteiger partial charge in [-0.05, 0) is 26.2 Å². The van der Waals surface area contributed by atoms with Crippen LogP contribution in [0.5, 0.6) is 0 Å². The molecule has 1 fully saturated rings. The van der Waals surface area contributed by atoms with E-state index in [1.54, 1.807) is 4.90 Å². The molecule has 0 aromatic carbocycles. The molecule has 1 aliphatic heterocycles. The number of likely N-dealkylation sites (tertiary alicyclic amines) is 1. The molecule has 1 rings (SSSR count). The third-order valence-corrected chi connectivity index (χ3v) is 6.78. The van der Waals surface area contributed by atoms with Crippen molar-refractivity contribution in [3.05, 3.63) is 11.6 Å². The number of imide groups is 1. The second-order valence-corrected chi connectivity index (χ2v) is 9.65. The molecule has 0 aromatic heterocycles. The summed E-state index contributed by atoms with van der Waals surface area (Å²) in [5.74, 6) is 0.0469. The fraction of sp³-hybridized carbons (Fsp3) is 0.857. The van der Waals surface area contributed by atoms with Gasteiger partial charge in [-0.15, -0.1) is 0 Å². The minimum absolute atomic E-state index is 0.00547. The highest BCUT2D eigenvalue weighted by Crippen LogP contribution is 2.25. The van der Waals surface area contributed by atoms with Crippen molar-refractivity contribution in [2.24, 2.45) is 0 Å². The molecular weight excluding hydrogens is 382 g/mol. The van der Waals surface area contributed by atoms with Crippen LogP contribution in [0.3, 0.4) is 0 Å². The van der Waals surface area contributed by atoms with Crippen molar-refractivity contribution in [2.75, 3.05) is 0 Å². The Morgan fingerprint density at radius 2 is 1.13 bits per heavy atom. The molecule has 1 saturated heterocycles. The highest BCUT2D eigenvalue weighted by Gasteiger charge is 2.35. The number of carbonyl (C=O) groups excluding carboxylic acids is 2. The molecule has 180 valence electrons. The van der Waals surface area contributed by atoms with Crippen LogP contribution in [-0.4, -0.2) is 22.8 Å². The third kappa shape index (κ3) is 12.5. The summed E-state index contributed by atoms with van der Waals surface area (Å²) in [6.07, 6.45) is 26.6. The van der Waals surface area contributed by atoms with Crippen LogP contribution in [0.1, 0.15) is 149 Å². The van der Waals surface area contributed by atoms with E-state index in [1.165, 1.54) is 95.5 Å². The molecule has 1 heterocycles. The van der Waals surface area contributed by atoms with Crippen LogP contribution in [0, 0.1) is 0 Å². The van der Waals surface area contributed by atoms with Crippen LogP contribution in [0.2, 0.25) is 0 Å². The minimum Gasteiger partial charge on any atom is -0.275 e. The molecule has 0 radical (unpaired) electrons.